The molecule has 0 atom stereocenters. The quantitative estimate of drug-likeness (QED) is 0.634. The van der Waals surface area contributed by atoms with Gasteiger partial charge in [-0.1, -0.05) is 26.8 Å². The van der Waals surface area contributed by atoms with E-state index in [2.05, 4.69) is 38.2 Å². The van der Waals surface area contributed by atoms with Crippen LogP contribution < -0.4 is 5.32 Å². The summed E-state index contributed by atoms with van der Waals surface area (Å²) in [7, 11) is 1.98. The number of hydrogen-bond acceptors (Lipinski definition) is 1. The van der Waals surface area contributed by atoms with E-state index in [0.717, 1.165) is 6.42 Å². The van der Waals surface area contributed by atoms with E-state index in [1.807, 2.05) is 14.0 Å². The minimum atomic E-state index is 0.633. The Morgan fingerprint density at radius 1 is 1.42 bits per heavy atom. The van der Waals surface area contributed by atoms with Crippen molar-refractivity contribution in [3.63, 3.8) is 0 Å². The van der Waals surface area contributed by atoms with E-state index in [1.165, 1.54) is 11.3 Å². The molecule has 1 N–H and O–H groups in total. The van der Waals surface area contributed by atoms with Crippen LogP contribution in [0.15, 0.2) is 23.4 Å². The van der Waals surface area contributed by atoms with E-state index in [4.69, 9.17) is 0 Å². The zero-order chi connectivity index (χ0) is 9.56. The second-order valence-corrected chi connectivity index (χ2v) is 3.20. The Morgan fingerprint density at radius 3 is 2.25 bits per heavy atom. The third-order valence-electron chi connectivity index (χ3n) is 2.03. The number of rotatable bonds is 4. The molecule has 70 valence electrons. The molecule has 0 heterocycles. The summed E-state index contributed by atoms with van der Waals surface area (Å²) in [5.74, 6) is 0.633. The van der Waals surface area contributed by atoms with Crippen LogP contribution in [0.4, 0.5) is 0 Å². The van der Waals surface area contributed by atoms with Gasteiger partial charge in [0, 0.05) is 12.7 Å². The van der Waals surface area contributed by atoms with Gasteiger partial charge in [-0.15, -0.1) is 0 Å². The van der Waals surface area contributed by atoms with Gasteiger partial charge in [0.1, 0.15) is 0 Å². The average molecular weight is 167 g/mol. The summed E-state index contributed by atoms with van der Waals surface area (Å²) in [5, 5.41) is 3.23. The van der Waals surface area contributed by atoms with E-state index < -0.39 is 0 Å². The van der Waals surface area contributed by atoms with Crippen molar-refractivity contribution in [2.24, 2.45) is 5.92 Å². The van der Waals surface area contributed by atoms with E-state index in [-0.39, 0.29) is 0 Å². The second kappa shape index (κ2) is 5.87. The molecule has 0 aliphatic rings. The summed E-state index contributed by atoms with van der Waals surface area (Å²) in [4.78, 5) is 0. The highest BCUT2D eigenvalue weighted by Crippen LogP contribution is 2.17. The summed E-state index contributed by atoms with van der Waals surface area (Å²) in [5.41, 5.74) is 2.77. The van der Waals surface area contributed by atoms with Crippen molar-refractivity contribution in [1.82, 2.24) is 5.32 Å². The Morgan fingerprint density at radius 2 is 2.00 bits per heavy atom. The fourth-order valence-corrected chi connectivity index (χ4v) is 1.43. The Bertz CT molecular complexity index is 175. The van der Waals surface area contributed by atoms with Gasteiger partial charge in [0.05, 0.1) is 0 Å². The smallest absolute Gasteiger partial charge is 0.0328 e. The largest absolute Gasteiger partial charge is 0.388 e. The van der Waals surface area contributed by atoms with Crippen LogP contribution in [0.25, 0.3) is 0 Å². The van der Waals surface area contributed by atoms with Crippen molar-refractivity contribution >= 4 is 0 Å². The number of likely N-dealkylation sites (N-methyl/N-ethyl adjacent to an activating group) is 1. The van der Waals surface area contributed by atoms with Gasteiger partial charge >= 0.3 is 0 Å². The highest BCUT2D eigenvalue weighted by atomic mass is 14.8. The lowest BCUT2D eigenvalue weighted by molar-refractivity contribution is 0.709. The lowest BCUT2D eigenvalue weighted by Crippen LogP contribution is -2.10. The molecule has 0 bridgehead atoms. The van der Waals surface area contributed by atoms with Gasteiger partial charge in [0.2, 0.25) is 0 Å². The predicted octanol–water partition coefficient (Wildman–Crippen LogP) is 3.10. The standard InChI is InChI=1S/C11H21N/c1-6-8-11(12-5)10(7-2)9(3)4/h6,8-9,12H,7H2,1-5H3/b8-6-,11-10-. The zero-order valence-electron chi connectivity index (χ0n) is 8.94. The van der Waals surface area contributed by atoms with Crippen LogP contribution >= 0.6 is 0 Å². The van der Waals surface area contributed by atoms with Gasteiger partial charge in [0.25, 0.3) is 0 Å². The number of allylic oxidation sites excluding steroid dienone is 3. The molecule has 0 aromatic heterocycles. The molecule has 0 rings (SSSR count). The van der Waals surface area contributed by atoms with Gasteiger partial charge in [-0.05, 0) is 30.9 Å². The highest BCUT2D eigenvalue weighted by molar-refractivity contribution is 5.24. The van der Waals surface area contributed by atoms with Crippen LogP contribution in [0.5, 0.6) is 0 Å². The molecule has 0 unspecified atom stereocenters. The van der Waals surface area contributed by atoms with Gasteiger partial charge in [-0.25, -0.2) is 0 Å². The topological polar surface area (TPSA) is 12.0 Å². The molecular weight excluding hydrogens is 146 g/mol. The first-order valence-electron chi connectivity index (χ1n) is 4.70. The highest BCUT2D eigenvalue weighted by Gasteiger charge is 2.04. The molecule has 0 radical (unpaired) electrons. The molecular formula is C11H21N. The molecule has 1 nitrogen and oxygen atoms in total. The molecule has 0 aromatic rings. The van der Waals surface area contributed by atoms with E-state index >= 15 is 0 Å². The van der Waals surface area contributed by atoms with E-state index in [0.29, 0.717) is 5.92 Å². The molecule has 0 aliphatic heterocycles. The normalized spacial score (nSPS) is 13.8. The van der Waals surface area contributed by atoms with Gasteiger partial charge in [0.15, 0.2) is 0 Å². The van der Waals surface area contributed by atoms with E-state index in [1.54, 1.807) is 0 Å². The summed E-state index contributed by atoms with van der Waals surface area (Å²) < 4.78 is 0. The Labute approximate surface area is 76.6 Å². The summed E-state index contributed by atoms with van der Waals surface area (Å²) in [6.45, 7) is 8.72. The maximum absolute atomic E-state index is 3.23. The first-order valence-corrected chi connectivity index (χ1v) is 4.70. The molecule has 0 aromatic carbocycles. The maximum atomic E-state index is 3.23. The molecule has 1 heteroatoms. The van der Waals surface area contributed by atoms with Crippen LogP contribution in [0.2, 0.25) is 0 Å². The van der Waals surface area contributed by atoms with Crippen molar-refractivity contribution in [3.8, 4) is 0 Å². The first kappa shape index (κ1) is 11.3. The number of hydrogen-bond donors (Lipinski definition) is 1. The summed E-state index contributed by atoms with van der Waals surface area (Å²) >= 11 is 0. The Hall–Kier alpha value is -0.720. The fraction of sp³-hybridized carbons (Fsp3) is 0.636. The van der Waals surface area contributed by atoms with Crippen molar-refractivity contribution in [1.29, 1.82) is 0 Å². The van der Waals surface area contributed by atoms with Crippen molar-refractivity contribution in [3.05, 3.63) is 23.4 Å². The maximum Gasteiger partial charge on any atom is 0.0328 e. The predicted molar refractivity (Wildman–Crippen MR) is 56.0 cm³/mol. The molecule has 0 amide bonds. The third-order valence-corrected chi connectivity index (χ3v) is 2.03. The van der Waals surface area contributed by atoms with Crippen molar-refractivity contribution in [2.75, 3.05) is 7.05 Å². The molecule has 0 saturated heterocycles. The van der Waals surface area contributed by atoms with Gasteiger partial charge in [-0.2, -0.15) is 0 Å². The Balaban J connectivity index is 4.74. The molecule has 12 heavy (non-hydrogen) atoms. The van der Waals surface area contributed by atoms with Crippen LogP contribution in [-0.4, -0.2) is 7.05 Å². The molecule has 0 spiro atoms. The molecule has 0 saturated carbocycles. The van der Waals surface area contributed by atoms with E-state index in [9.17, 15) is 0 Å². The van der Waals surface area contributed by atoms with Gasteiger partial charge in [-0.3, -0.25) is 0 Å². The Kier molecular flexibility index (Phi) is 5.52. The monoisotopic (exact) mass is 167 g/mol. The summed E-state index contributed by atoms with van der Waals surface area (Å²) in [6, 6.07) is 0. The van der Waals surface area contributed by atoms with Crippen LogP contribution in [-0.2, 0) is 0 Å². The average Bonchev–Trinajstić information content (AvgIpc) is 2.03. The first-order chi connectivity index (χ1) is 5.67. The SMILES string of the molecule is C/C=C\C(NC)=C(/CC)C(C)C. The summed E-state index contributed by atoms with van der Waals surface area (Å²) in [6.07, 6.45) is 5.33. The van der Waals surface area contributed by atoms with Crippen molar-refractivity contribution < 1.29 is 0 Å². The molecule has 0 fully saturated rings. The van der Waals surface area contributed by atoms with Crippen LogP contribution in [0, 0.1) is 5.92 Å². The lowest BCUT2D eigenvalue weighted by Gasteiger charge is -2.14. The third kappa shape index (κ3) is 3.12. The minimum absolute atomic E-state index is 0.633. The zero-order valence-corrected chi connectivity index (χ0v) is 8.94. The lowest BCUT2D eigenvalue weighted by atomic mass is 9.98. The molecule has 0 aliphatic carbocycles. The minimum Gasteiger partial charge on any atom is -0.388 e. The van der Waals surface area contributed by atoms with Crippen molar-refractivity contribution in [2.45, 2.75) is 34.1 Å². The number of nitrogens with one attached hydrogen (secondary N) is 1. The second-order valence-electron chi connectivity index (χ2n) is 3.20. The van der Waals surface area contributed by atoms with Crippen LogP contribution in [0.1, 0.15) is 34.1 Å². The fourth-order valence-electron chi connectivity index (χ4n) is 1.43. The van der Waals surface area contributed by atoms with Crippen LogP contribution in [0.3, 0.4) is 0 Å². The van der Waals surface area contributed by atoms with Gasteiger partial charge < -0.3 is 5.32 Å².